The van der Waals surface area contributed by atoms with Crippen molar-refractivity contribution in [2.24, 2.45) is 16.8 Å². The van der Waals surface area contributed by atoms with Crippen molar-refractivity contribution in [3.8, 4) is 0 Å². The highest BCUT2D eigenvalue weighted by Crippen LogP contribution is 2.18. The average molecular weight is 486 g/mol. The van der Waals surface area contributed by atoms with E-state index >= 15 is 0 Å². The standard InChI is InChI=1S/C16H30N4O3S.HI/c1-4-17-16(18-11-14-5-10-24(22,23)12-14)20-8-6-19(7-9-20)15(21)13(2)3;/h13-14H,4-12H2,1-3H3,(H,17,18);1H. The van der Waals surface area contributed by atoms with E-state index in [4.69, 9.17) is 0 Å². The summed E-state index contributed by atoms with van der Waals surface area (Å²) < 4.78 is 23.1. The Morgan fingerprint density at radius 2 is 1.80 bits per heavy atom. The number of aliphatic imine (C=N–C) groups is 1. The molecule has 146 valence electrons. The third-order valence-electron chi connectivity index (χ3n) is 4.55. The van der Waals surface area contributed by atoms with Crippen LogP contribution in [0.5, 0.6) is 0 Å². The molecule has 0 aromatic heterocycles. The molecule has 2 aliphatic rings. The van der Waals surface area contributed by atoms with Gasteiger partial charge in [0.1, 0.15) is 0 Å². The summed E-state index contributed by atoms with van der Waals surface area (Å²) in [4.78, 5) is 20.8. The fourth-order valence-corrected chi connectivity index (χ4v) is 5.01. The van der Waals surface area contributed by atoms with Crippen LogP contribution in [0.4, 0.5) is 0 Å². The summed E-state index contributed by atoms with van der Waals surface area (Å²) in [5, 5.41) is 3.29. The molecule has 0 spiro atoms. The molecule has 1 atom stereocenters. The third kappa shape index (κ3) is 6.58. The Balaban J connectivity index is 0.00000312. The van der Waals surface area contributed by atoms with Crippen LogP contribution in [-0.4, -0.2) is 80.9 Å². The number of rotatable bonds is 4. The number of sulfone groups is 1. The van der Waals surface area contributed by atoms with E-state index in [9.17, 15) is 13.2 Å². The van der Waals surface area contributed by atoms with Gasteiger partial charge in [-0.15, -0.1) is 24.0 Å². The minimum absolute atomic E-state index is 0. The summed E-state index contributed by atoms with van der Waals surface area (Å²) in [6.45, 7) is 10.1. The topological polar surface area (TPSA) is 82.1 Å². The molecule has 0 aromatic rings. The molecule has 1 amide bonds. The van der Waals surface area contributed by atoms with Crippen molar-refractivity contribution >= 4 is 45.7 Å². The van der Waals surface area contributed by atoms with Crippen LogP contribution in [0, 0.1) is 11.8 Å². The third-order valence-corrected chi connectivity index (χ3v) is 6.38. The molecule has 0 aliphatic carbocycles. The Morgan fingerprint density at radius 1 is 1.20 bits per heavy atom. The molecule has 2 fully saturated rings. The van der Waals surface area contributed by atoms with Gasteiger partial charge in [-0.05, 0) is 19.3 Å². The largest absolute Gasteiger partial charge is 0.357 e. The van der Waals surface area contributed by atoms with Crippen LogP contribution in [0.2, 0.25) is 0 Å². The molecule has 9 heteroatoms. The first-order valence-corrected chi connectivity index (χ1v) is 10.7. The maximum Gasteiger partial charge on any atom is 0.225 e. The van der Waals surface area contributed by atoms with Crippen molar-refractivity contribution in [3.63, 3.8) is 0 Å². The minimum Gasteiger partial charge on any atom is -0.357 e. The quantitative estimate of drug-likeness (QED) is 0.361. The number of carbonyl (C=O) groups excluding carboxylic acids is 1. The van der Waals surface area contributed by atoms with Gasteiger partial charge in [0.2, 0.25) is 5.91 Å². The molecular formula is C16H31IN4O3S. The highest BCUT2D eigenvalue weighted by Gasteiger charge is 2.28. The van der Waals surface area contributed by atoms with E-state index in [1.165, 1.54) is 0 Å². The van der Waals surface area contributed by atoms with Gasteiger partial charge in [-0.2, -0.15) is 0 Å². The van der Waals surface area contributed by atoms with Crippen molar-refractivity contribution in [1.82, 2.24) is 15.1 Å². The zero-order valence-electron chi connectivity index (χ0n) is 15.4. The molecule has 2 aliphatic heterocycles. The predicted octanol–water partition coefficient (Wildman–Crippen LogP) is 0.805. The van der Waals surface area contributed by atoms with Crippen LogP contribution in [0.15, 0.2) is 4.99 Å². The first-order chi connectivity index (χ1) is 11.3. The van der Waals surface area contributed by atoms with E-state index in [0.717, 1.165) is 25.6 Å². The smallest absolute Gasteiger partial charge is 0.225 e. The van der Waals surface area contributed by atoms with E-state index in [1.807, 2.05) is 25.7 Å². The van der Waals surface area contributed by atoms with Gasteiger partial charge in [0.25, 0.3) is 0 Å². The van der Waals surface area contributed by atoms with Crippen LogP contribution in [0.25, 0.3) is 0 Å². The van der Waals surface area contributed by atoms with Crippen molar-refractivity contribution in [2.45, 2.75) is 27.2 Å². The van der Waals surface area contributed by atoms with Crippen molar-refractivity contribution < 1.29 is 13.2 Å². The molecule has 25 heavy (non-hydrogen) atoms. The fraction of sp³-hybridized carbons (Fsp3) is 0.875. The number of hydrogen-bond acceptors (Lipinski definition) is 4. The van der Waals surface area contributed by atoms with Gasteiger partial charge in [-0.25, -0.2) is 8.42 Å². The molecule has 0 aromatic carbocycles. The lowest BCUT2D eigenvalue weighted by atomic mass is 10.1. The number of piperazine rings is 1. The summed E-state index contributed by atoms with van der Waals surface area (Å²) in [6.07, 6.45) is 0.710. The van der Waals surface area contributed by atoms with Crippen LogP contribution in [0.1, 0.15) is 27.2 Å². The van der Waals surface area contributed by atoms with Crippen LogP contribution in [0.3, 0.4) is 0 Å². The van der Waals surface area contributed by atoms with E-state index in [1.54, 1.807) is 0 Å². The summed E-state index contributed by atoms with van der Waals surface area (Å²) in [6, 6.07) is 0. The molecule has 0 saturated carbocycles. The summed E-state index contributed by atoms with van der Waals surface area (Å²) in [5.41, 5.74) is 0. The second kappa shape index (κ2) is 9.94. The summed E-state index contributed by atoms with van der Waals surface area (Å²) in [7, 11) is -2.85. The van der Waals surface area contributed by atoms with Crippen molar-refractivity contribution in [3.05, 3.63) is 0 Å². The Bertz CT molecular complexity index is 572. The van der Waals surface area contributed by atoms with Crippen LogP contribution >= 0.6 is 24.0 Å². The molecule has 0 radical (unpaired) electrons. The Kier molecular flexibility index (Phi) is 8.93. The lowest BCUT2D eigenvalue weighted by Crippen LogP contribution is -2.54. The molecule has 2 heterocycles. The van der Waals surface area contributed by atoms with E-state index in [-0.39, 0.29) is 47.5 Å². The lowest BCUT2D eigenvalue weighted by Gasteiger charge is -2.37. The number of nitrogens with zero attached hydrogens (tertiary/aromatic N) is 3. The van der Waals surface area contributed by atoms with E-state index in [0.29, 0.717) is 31.8 Å². The van der Waals surface area contributed by atoms with Gasteiger partial charge in [-0.1, -0.05) is 13.8 Å². The normalized spacial score (nSPS) is 23.5. The number of nitrogens with one attached hydrogen (secondary N) is 1. The van der Waals surface area contributed by atoms with E-state index in [2.05, 4.69) is 15.2 Å². The minimum atomic E-state index is -2.85. The van der Waals surface area contributed by atoms with Crippen LogP contribution < -0.4 is 5.32 Å². The second-order valence-corrected chi connectivity index (χ2v) is 9.16. The second-order valence-electron chi connectivity index (χ2n) is 6.93. The Morgan fingerprint density at radius 3 is 2.28 bits per heavy atom. The number of hydrogen-bond donors (Lipinski definition) is 1. The van der Waals surface area contributed by atoms with E-state index < -0.39 is 9.84 Å². The van der Waals surface area contributed by atoms with Crippen LogP contribution in [-0.2, 0) is 14.6 Å². The van der Waals surface area contributed by atoms with Crippen molar-refractivity contribution in [1.29, 1.82) is 0 Å². The zero-order valence-corrected chi connectivity index (χ0v) is 18.5. The number of carbonyl (C=O) groups is 1. The predicted molar refractivity (Wildman–Crippen MR) is 111 cm³/mol. The van der Waals surface area contributed by atoms with Gasteiger partial charge in [0.15, 0.2) is 15.8 Å². The molecule has 1 N–H and O–H groups in total. The lowest BCUT2D eigenvalue weighted by molar-refractivity contribution is -0.135. The molecule has 0 bridgehead atoms. The number of amides is 1. The maximum absolute atomic E-state index is 12.1. The summed E-state index contributed by atoms with van der Waals surface area (Å²) in [5.74, 6) is 1.74. The Labute approximate surface area is 168 Å². The SMILES string of the molecule is CCNC(=NCC1CCS(=O)(=O)C1)N1CCN(C(=O)C(C)C)CC1.I. The van der Waals surface area contributed by atoms with Gasteiger partial charge in [0, 0.05) is 45.2 Å². The highest BCUT2D eigenvalue weighted by molar-refractivity contribution is 14.0. The fourth-order valence-electron chi connectivity index (χ4n) is 3.16. The molecule has 1 unspecified atom stereocenters. The first kappa shape index (κ1) is 22.5. The summed E-state index contributed by atoms with van der Waals surface area (Å²) >= 11 is 0. The molecular weight excluding hydrogens is 455 g/mol. The van der Waals surface area contributed by atoms with Crippen molar-refractivity contribution in [2.75, 3.05) is 50.8 Å². The molecule has 7 nitrogen and oxygen atoms in total. The van der Waals surface area contributed by atoms with Gasteiger partial charge >= 0.3 is 0 Å². The van der Waals surface area contributed by atoms with Gasteiger partial charge < -0.3 is 15.1 Å². The van der Waals surface area contributed by atoms with Gasteiger partial charge in [0.05, 0.1) is 11.5 Å². The number of halogens is 1. The monoisotopic (exact) mass is 486 g/mol. The maximum atomic E-state index is 12.1. The molecule has 2 rings (SSSR count). The zero-order chi connectivity index (χ0) is 17.7. The Hall–Kier alpha value is -0.580. The number of guanidine groups is 1. The highest BCUT2D eigenvalue weighted by atomic mass is 127. The molecule has 2 saturated heterocycles. The average Bonchev–Trinajstić information content (AvgIpc) is 2.90. The van der Waals surface area contributed by atoms with Gasteiger partial charge in [-0.3, -0.25) is 9.79 Å². The first-order valence-electron chi connectivity index (χ1n) is 8.85.